The second-order valence-electron chi connectivity index (χ2n) is 10.0. The Labute approximate surface area is 193 Å². The van der Waals surface area contributed by atoms with Crippen molar-refractivity contribution in [2.75, 3.05) is 13.2 Å². The van der Waals surface area contributed by atoms with Gasteiger partial charge in [0.15, 0.2) is 12.6 Å². The van der Waals surface area contributed by atoms with E-state index < -0.39 is 92.6 Å². The Morgan fingerprint density at radius 3 is 1.64 bits per heavy atom. The Hall–Kier alpha value is -0.440. The summed E-state index contributed by atoms with van der Waals surface area (Å²) in [5, 5.41) is 71.2. The summed E-state index contributed by atoms with van der Waals surface area (Å²) in [5.74, 6) is -1.45. The van der Waals surface area contributed by atoms with Crippen LogP contribution in [0, 0.1) is 23.7 Å². The fourth-order valence-corrected chi connectivity index (χ4v) is 5.21. The van der Waals surface area contributed by atoms with E-state index >= 15 is 0 Å². The van der Waals surface area contributed by atoms with E-state index in [1.807, 2.05) is 13.8 Å². The van der Waals surface area contributed by atoms with Crippen molar-refractivity contribution in [3.05, 3.63) is 0 Å². The lowest BCUT2D eigenvalue weighted by molar-refractivity contribution is -0.337. The summed E-state index contributed by atoms with van der Waals surface area (Å²) >= 11 is 0. The molecule has 1 saturated carbocycles. The highest BCUT2D eigenvalue weighted by Gasteiger charge is 2.50. The molecule has 3 aliphatic rings. The molecule has 0 aromatic carbocycles. The SMILES string of the molecule is CC1C[C@@H](C)[C@@H](O[C@@H]2O[C@H](CO)[C@H](O)C(C)C2O)C(O)[C@@H]1O[C@H]1OC(CO)[C@@H](O)[C@H](O)C1C. The van der Waals surface area contributed by atoms with Gasteiger partial charge in [-0.15, -0.1) is 0 Å². The van der Waals surface area contributed by atoms with Gasteiger partial charge in [-0.05, 0) is 18.3 Å². The van der Waals surface area contributed by atoms with Crippen molar-refractivity contribution in [3.8, 4) is 0 Å². The molecule has 1 aliphatic carbocycles. The van der Waals surface area contributed by atoms with Crippen molar-refractivity contribution in [1.29, 1.82) is 0 Å². The van der Waals surface area contributed by atoms with E-state index in [0.717, 1.165) is 0 Å². The molecule has 7 N–H and O–H groups in total. The zero-order valence-electron chi connectivity index (χ0n) is 19.5. The van der Waals surface area contributed by atoms with Gasteiger partial charge in [0, 0.05) is 11.8 Å². The second-order valence-corrected chi connectivity index (χ2v) is 10.0. The van der Waals surface area contributed by atoms with E-state index in [9.17, 15) is 35.7 Å². The topological polar surface area (TPSA) is 179 Å². The van der Waals surface area contributed by atoms with Gasteiger partial charge in [-0.25, -0.2) is 0 Å². The zero-order valence-corrected chi connectivity index (χ0v) is 19.5. The molecule has 0 aromatic rings. The maximum absolute atomic E-state index is 11.2. The molecule has 194 valence electrons. The highest BCUT2D eigenvalue weighted by Crippen LogP contribution is 2.38. The van der Waals surface area contributed by atoms with Gasteiger partial charge in [-0.2, -0.15) is 0 Å². The van der Waals surface area contributed by atoms with Crippen LogP contribution in [0.15, 0.2) is 0 Å². The Balaban J connectivity index is 1.72. The number of hydrogen-bond acceptors (Lipinski definition) is 11. The van der Waals surface area contributed by atoms with Crippen LogP contribution in [0.25, 0.3) is 0 Å². The van der Waals surface area contributed by atoms with E-state index in [1.165, 1.54) is 0 Å². The first-order chi connectivity index (χ1) is 15.5. The molecular weight excluding hydrogens is 440 g/mol. The lowest BCUT2D eigenvalue weighted by atomic mass is 9.77. The van der Waals surface area contributed by atoms with Crippen LogP contribution in [0.2, 0.25) is 0 Å². The Morgan fingerprint density at radius 2 is 1.09 bits per heavy atom. The van der Waals surface area contributed by atoms with Crippen molar-refractivity contribution in [2.24, 2.45) is 23.7 Å². The number of ether oxygens (including phenoxy) is 4. The van der Waals surface area contributed by atoms with Crippen LogP contribution < -0.4 is 0 Å². The van der Waals surface area contributed by atoms with Crippen LogP contribution in [0.1, 0.15) is 34.1 Å². The monoisotopic (exact) mass is 480 g/mol. The third-order valence-corrected chi connectivity index (χ3v) is 7.53. The lowest BCUT2D eigenvalue weighted by Crippen LogP contribution is -2.61. The van der Waals surface area contributed by atoms with E-state index in [1.54, 1.807) is 13.8 Å². The van der Waals surface area contributed by atoms with Crippen molar-refractivity contribution in [1.82, 2.24) is 0 Å². The predicted octanol–water partition coefficient (Wildman–Crippen LogP) is -2.06. The largest absolute Gasteiger partial charge is 0.394 e. The Bertz CT molecular complexity index is 569. The Kier molecular flexibility index (Phi) is 9.12. The van der Waals surface area contributed by atoms with Gasteiger partial charge in [-0.1, -0.05) is 27.7 Å². The number of aliphatic hydroxyl groups excluding tert-OH is 7. The van der Waals surface area contributed by atoms with Gasteiger partial charge in [0.1, 0.15) is 30.5 Å². The lowest BCUT2D eigenvalue weighted by Gasteiger charge is -2.48. The van der Waals surface area contributed by atoms with Crippen LogP contribution in [0.5, 0.6) is 0 Å². The van der Waals surface area contributed by atoms with Gasteiger partial charge in [0.25, 0.3) is 0 Å². The highest BCUT2D eigenvalue weighted by atomic mass is 16.7. The number of aliphatic hydroxyl groups is 7. The van der Waals surface area contributed by atoms with Crippen LogP contribution in [0.3, 0.4) is 0 Å². The van der Waals surface area contributed by atoms with Gasteiger partial charge in [0.2, 0.25) is 0 Å². The van der Waals surface area contributed by atoms with E-state index in [2.05, 4.69) is 0 Å². The Morgan fingerprint density at radius 1 is 0.606 bits per heavy atom. The van der Waals surface area contributed by atoms with Crippen LogP contribution in [-0.2, 0) is 18.9 Å². The number of hydrogen-bond donors (Lipinski definition) is 7. The molecule has 3 fully saturated rings. The molecule has 0 aromatic heterocycles. The van der Waals surface area contributed by atoms with Crippen LogP contribution in [0.4, 0.5) is 0 Å². The summed E-state index contributed by atoms with van der Waals surface area (Å²) in [6.07, 6.45) is -10.8. The van der Waals surface area contributed by atoms with E-state index in [4.69, 9.17) is 18.9 Å². The molecule has 2 heterocycles. The van der Waals surface area contributed by atoms with Crippen LogP contribution >= 0.6 is 0 Å². The summed E-state index contributed by atoms with van der Waals surface area (Å²) in [6.45, 7) is 6.15. The third kappa shape index (κ3) is 5.39. The van der Waals surface area contributed by atoms with E-state index in [0.29, 0.717) is 6.42 Å². The first-order valence-electron chi connectivity index (χ1n) is 11.8. The number of rotatable bonds is 6. The minimum atomic E-state index is -1.25. The van der Waals surface area contributed by atoms with Crippen LogP contribution in [-0.4, -0.2) is 116 Å². The minimum Gasteiger partial charge on any atom is -0.394 e. The molecule has 0 amide bonds. The normalized spacial score (nSPS) is 53.7. The standard InChI is InChI=1S/C22H40O11/c1-8-5-9(2)20(33-22-16(27)10(3)14(25)12(6-23)31-22)18(29)19(8)32-21-11(4)15(26)17(28)13(7-24)30-21/h8-29H,5-7H2,1-4H3/t8?,9-,10?,11?,12-,13?,14-,15-,16?,17-,18?,19-,20-,21-,22+/m1/s1. The third-order valence-electron chi connectivity index (χ3n) is 7.53. The van der Waals surface area contributed by atoms with Crippen molar-refractivity contribution < 1.29 is 54.7 Å². The molecule has 6 unspecified atom stereocenters. The molecule has 15 atom stereocenters. The highest BCUT2D eigenvalue weighted by molar-refractivity contribution is 4.95. The fraction of sp³-hybridized carbons (Fsp3) is 1.00. The molecular formula is C22H40O11. The van der Waals surface area contributed by atoms with Gasteiger partial charge >= 0.3 is 0 Å². The van der Waals surface area contributed by atoms with Gasteiger partial charge in [0.05, 0.1) is 37.6 Å². The first-order valence-corrected chi connectivity index (χ1v) is 11.8. The van der Waals surface area contributed by atoms with Gasteiger partial charge in [-0.3, -0.25) is 0 Å². The fourth-order valence-electron chi connectivity index (χ4n) is 5.21. The first kappa shape index (κ1) is 27.2. The van der Waals surface area contributed by atoms with Gasteiger partial charge < -0.3 is 54.7 Å². The summed E-state index contributed by atoms with van der Waals surface area (Å²) in [7, 11) is 0. The predicted molar refractivity (Wildman–Crippen MR) is 113 cm³/mol. The molecule has 33 heavy (non-hydrogen) atoms. The molecule has 3 rings (SSSR count). The maximum atomic E-state index is 11.2. The van der Waals surface area contributed by atoms with Crippen molar-refractivity contribution in [3.63, 3.8) is 0 Å². The molecule has 11 heteroatoms. The zero-order chi connectivity index (χ0) is 24.6. The molecule has 2 saturated heterocycles. The molecule has 0 radical (unpaired) electrons. The molecule has 2 aliphatic heterocycles. The second kappa shape index (κ2) is 11.1. The summed E-state index contributed by atoms with van der Waals surface area (Å²) in [5.41, 5.74) is 0. The average molecular weight is 481 g/mol. The summed E-state index contributed by atoms with van der Waals surface area (Å²) < 4.78 is 23.3. The minimum absolute atomic E-state index is 0.106. The maximum Gasteiger partial charge on any atom is 0.184 e. The van der Waals surface area contributed by atoms with Crippen molar-refractivity contribution in [2.45, 2.75) is 102 Å². The van der Waals surface area contributed by atoms with Crippen molar-refractivity contribution >= 4 is 0 Å². The smallest absolute Gasteiger partial charge is 0.184 e. The molecule has 0 spiro atoms. The summed E-state index contributed by atoms with van der Waals surface area (Å²) in [4.78, 5) is 0. The average Bonchev–Trinajstić information content (AvgIpc) is 2.79. The summed E-state index contributed by atoms with van der Waals surface area (Å²) in [6, 6.07) is 0. The molecule has 0 bridgehead atoms. The molecule has 11 nitrogen and oxygen atoms in total. The van der Waals surface area contributed by atoms with E-state index in [-0.39, 0.29) is 11.8 Å². The quantitative estimate of drug-likeness (QED) is 0.222.